The van der Waals surface area contributed by atoms with Crippen molar-refractivity contribution in [3.8, 4) is 0 Å². The zero-order valence-corrected chi connectivity index (χ0v) is 14.2. The summed E-state index contributed by atoms with van der Waals surface area (Å²) in [5, 5.41) is 9.55. The molecule has 0 saturated heterocycles. The third kappa shape index (κ3) is 4.65. The Morgan fingerprint density at radius 2 is 2.00 bits per heavy atom. The Balaban J connectivity index is 2.01. The van der Waals surface area contributed by atoms with Crippen LogP contribution in [0, 0.1) is 11.8 Å². The van der Waals surface area contributed by atoms with Crippen LogP contribution in [0.3, 0.4) is 0 Å². The monoisotopic (exact) mass is 368 g/mol. The van der Waals surface area contributed by atoms with Gasteiger partial charge in [0, 0.05) is 16.8 Å². The van der Waals surface area contributed by atoms with E-state index in [1.54, 1.807) is 0 Å². The van der Waals surface area contributed by atoms with Gasteiger partial charge in [0.15, 0.2) is 0 Å². The first-order valence-electron chi connectivity index (χ1n) is 7.52. The van der Waals surface area contributed by atoms with Crippen molar-refractivity contribution in [3.63, 3.8) is 0 Å². The lowest BCUT2D eigenvalue weighted by Crippen LogP contribution is -2.25. The fourth-order valence-corrected chi connectivity index (χ4v) is 3.23. The summed E-state index contributed by atoms with van der Waals surface area (Å²) < 4.78 is 5.82. The number of carbonyl (C=O) groups is 2. The second-order valence-corrected chi connectivity index (χ2v) is 6.80. The molecule has 1 aliphatic carbocycles. The molecule has 0 aromatic heterocycles. The van der Waals surface area contributed by atoms with Gasteiger partial charge in [-0.1, -0.05) is 28.1 Å². The first-order chi connectivity index (χ1) is 10.5. The highest BCUT2D eigenvalue weighted by Crippen LogP contribution is 2.29. The number of ketones is 1. The normalized spacial score (nSPS) is 22.3. The molecule has 1 fully saturated rings. The van der Waals surface area contributed by atoms with Crippen LogP contribution in [0.15, 0.2) is 28.7 Å². The number of halogens is 1. The summed E-state index contributed by atoms with van der Waals surface area (Å²) in [5.74, 6) is -0.873. The van der Waals surface area contributed by atoms with Gasteiger partial charge in [0.25, 0.3) is 0 Å². The van der Waals surface area contributed by atoms with Crippen LogP contribution in [0.2, 0.25) is 0 Å². The first kappa shape index (κ1) is 17.2. The Labute approximate surface area is 139 Å². The molecule has 22 heavy (non-hydrogen) atoms. The second kappa shape index (κ2) is 7.88. The van der Waals surface area contributed by atoms with Crippen LogP contribution in [-0.4, -0.2) is 30.1 Å². The topological polar surface area (TPSA) is 63.6 Å². The largest absolute Gasteiger partial charge is 0.469 e. The van der Waals surface area contributed by atoms with E-state index in [2.05, 4.69) is 15.9 Å². The molecule has 0 heterocycles. The van der Waals surface area contributed by atoms with Crippen LogP contribution in [0.5, 0.6) is 0 Å². The Hall–Kier alpha value is -1.20. The van der Waals surface area contributed by atoms with Gasteiger partial charge >= 0.3 is 5.97 Å². The number of ether oxygens (including phenoxy) is 1. The molecule has 0 aliphatic heterocycles. The number of esters is 1. The third-order valence-corrected chi connectivity index (χ3v) is 4.77. The highest BCUT2D eigenvalue weighted by atomic mass is 79.9. The predicted molar refractivity (Wildman–Crippen MR) is 86.3 cm³/mol. The number of rotatable bonds is 6. The Morgan fingerprint density at radius 3 is 2.55 bits per heavy atom. The number of hydrogen-bond acceptors (Lipinski definition) is 4. The van der Waals surface area contributed by atoms with Crippen molar-refractivity contribution in [2.24, 2.45) is 11.8 Å². The van der Waals surface area contributed by atoms with Crippen LogP contribution >= 0.6 is 15.9 Å². The molecule has 1 N–H and O–H groups in total. The summed E-state index contributed by atoms with van der Waals surface area (Å²) in [6.45, 7) is 0. The summed E-state index contributed by atoms with van der Waals surface area (Å²) in [6, 6.07) is 7.70. The third-order valence-electron chi connectivity index (χ3n) is 4.24. The highest BCUT2D eigenvalue weighted by molar-refractivity contribution is 9.10. The second-order valence-electron chi connectivity index (χ2n) is 5.88. The van der Waals surface area contributed by atoms with Crippen molar-refractivity contribution >= 4 is 27.7 Å². The number of aliphatic hydroxyl groups is 1. The summed E-state index contributed by atoms with van der Waals surface area (Å²) in [5.41, 5.74) is 0.998. The zero-order chi connectivity index (χ0) is 16.1. The minimum atomic E-state index is -0.462. The number of methoxy groups -OCH3 is 1. The van der Waals surface area contributed by atoms with Crippen LogP contribution in [0.4, 0.5) is 0 Å². The van der Waals surface area contributed by atoms with Gasteiger partial charge in [-0.05, 0) is 43.4 Å². The minimum absolute atomic E-state index is 0.0593. The maximum absolute atomic E-state index is 12.3. The van der Waals surface area contributed by atoms with Crippen molar-refractivity contribution in [1.82, 2.24) is 0 Å². The van der Waals surface area contributed by atoms with Crippen molar-refractivity contribution in [3.05, 3.63) is 34.3 Å². The molecule has 0 bridgehead atoms. The van der Waals surface area contributed by atoms with Crippen molar-refractivity contribution in [2.75, 3.05) is 7.11 Å². The molecule has 2 rings (SSSR count). The molecule has 0 spiro atoms. The molecule has 1 saturated carbocycles. The minimum Gasteiger partial charge on any atom is -0.469 e. The number of benzene rings is 1. The van der Waals surface area contributed by atoms with Gasteiger partial charge in [0.05, 0.1) is 19.1 Å². The van der Waals surface area contributed by atoms with Crippen LogP contribution in [-0.2, 0) is 20.7 Å². The average molecular weight is 369 g/mol. The molecular weight excluding hydrogens is 348 g/mol. The maximum atomic E-state index is 12.3. The Kier molecular flexibility index (Phi) is 6.15. The van der Waals surface area contributed by atoms with E-state index in [0.29, 0.717) is 25.7 Å². The lowest BCUT2D eigenvalue weighted by Gasteiger charge is -2.16. The number of carbonyl (C=O) groups excluding carboxylic acids is 2. The predicted octanol–water partition coefficient (Wildman–Crippen LogP) is 2.90. The van der Waals surface area contributed by atoms with Gasteiger partial charge in [0.2, 0.25) is 0 Å². The number of hydrogen-bond donors (Lipinski definition) is 1. The number of Topliss-reactive ketones (excluding diaryl/α,β-unsaturated/α-hetero) is 1. The molecule has 0 radical (unpaired) electrons. The van der Waals surface area contributed by atoms with E-state index in [9.17, 15) is 14.7 Å². The summed E-state index contributed by atoms with van der Waals surface area (Å²) in [6.07, 6.45) is 2.20. The van der Waals surface area contributed by atoms with Crippen LogP contribution < -0.4 is 0 Å². The van der Waals surface area contributed by atoms with E-state index in [1.807, 2.05) is 24.3 Å². The molecular formula is C17H21BrO4. The van der Waals surface area contributed by atoms with Gasteiger partial charge in [0.1, 0.15) is 5.78 Å². The summed E-state index contributed by atoms with van der Waals surface area (Å²) >= 11 is 3.38. The molecule has 1 aromatic rings. The summed E-state index contributed by atoms with van der Waals surface area (Å²) in [4.78, 5) is 24.3. The van der Waals surface area contributed by atoms with Gasteiger partial charge in [-0.3, -0.25) is 9.59 Å². The molecule has 3 atom stereocenters. The molecule has 5 heteroatoms. The van der Waals surface area contributed by atoms with E-state index in [4.69, 9.17) is 4.74 Å². The molecule has 1 aliphatic rings. The van der Waals surface area contributed by atoms with E-state index >= 15 is 0 Å². The van der Waals surface area contributed by atoms with E-state index in [1.165, 1.54) is 7.11 Å². The fourth-order valence-electron chi connectivity index (χ4n) is 2.97. The van der Waals surface area contributed by atoms with Gasteiger partial charge < -0.3 is 9.84 Å². The van der Waals surface area contributed by atoms with E-state index in [-0.39, 0.29) is 30.2 Å². The lowest BCUT2D eigenvalue weighted by molar-refractivity contribution is -0.147. The SMILES string of the molecule is COC(=O)[C@@H](CC(=O)[C@@H]1CCC(O)C1)Cc1ccc(Br)cc1. The smallest absolute Gasteiger partial charge is 0.309 e. The lowest BCUT2D eigenvalue weighted by atomic mass is 9.89. The fraction of sp³-hybridized carbons (Fsp3) is 0.529. The van der Waals surface area contributed by atoms with Gasteiger partial charge in [-0.2, -0.15) is 0 Å². The molecule has 1 aromatic carbocycles. The first-order valence-corrected chi connectivity index (χ1v) is 8.32. The standard InChI is InChI=1S/C17H21BrO4/c1-22-17(21)13(8-11-2-5-14(18)6-3-11)10-16(20)12-4-7-15(19)9-12/h2-3,5-6,12-13,15,19H,4,7-10H2,1H3/t12-,13-,15?/m1/s1. The maximum Gasteiger partial charge on any atom is 0.309 e. The van der Waals surface area contributed by atoms with E-state index in [0.717, 1.165) is 10.0 Å². The quantitative estimate of drug-likeness (QED) is 0.784. The van der Waals surface area contributed by atoms with Crippen molar-refractivity contribution < 1.29 is 19.4 Å². The van der Waals surface area contributed by atoms with Crippen LogP contribution in [0.1, 0.15) is 31.2 Å². The Bertz CT molecular complexity index is 526. The molecule has 4 nitrogen and oxygen atoms in total. The average Bonchev–Trinajstić information content (AvgIpc) is 2.94. The molecule has 120 valence electrons. The Morgan fingerprint density at radius 1 is 1.32 bits per heavy atom. The molecule has 0 amide bonds. The highest BCUT2D eigenvalue weighted by Gasteiger charge is 2.32. The van der Waals surface area contributed by atoms with Crippen molar-refractivity contribution in [1.29, 1.82) is 0 Å². The van der Waals surface area contributed by atoms with Crippen molar-refractivity contribution in [2.45, 2.75) is 38.2 Å². The van der Waals surface area contributed by atoms with Gasteiger partial charge in [-0.25, -0.2) is 0 Å². The van der Waals surface area contributed by atoms with Crippen LogP contribution in [0.25, 0.3) is 0 Å². The molecule has 1 unspecified atom stereocenters. The zero-order valence-electron chi connectivity index (χ0n) is 12.6. The van der Waals surface area contributed by atoms with E-state index < -0.39 is 5.92 Å². The van der Waals surface area contributed by atoms with Gasteiger partial charge in [-0.15, -0.1) is 0 Å². The number of aliphatic hydroxyl groups excluding tert-OH is 1. The summed E-state index contributed by atoms with van der Waals surface area (Å²) in [7, 11) is 1.35.